The van der Waals surface area contributed by atoms with Gasteiger partial charge in [-0.2, -0.15) is 13.2 Å². The normalized spacial score (nSPS) is 14.0. The molecule has 1 aromatic carbocycles. The van der Waals surface area contributed by atoms with Gasteiger partial charge < -0.3 is 5.11 Å². The Morgan fingerprint density at radius 2 is 2.00 bits per heavy atom. The summed E-state index contributed by atoms with van der Waals surface area (Å²) in [6, 6.07) is 3.70. The van der Waals surface area contributed by atoms with Crippen molar-refractivity contribution in [3.05, 3.63) is 34.3 Å². The molecule has 0 spiro atoms. The van der Waals surface area contributed by atoms with Crippen molar-refractivity contribution in [1.82, 2.24) is 0 Å². The van der Waals surface area contributed by atoms with E-state index in [1.54, 1.807) is 6.92 Å². The van der Waals surface area contributed by atoms with Crippen LogP contribution in [0.25, 0.3) is 0 Å². The Balaban J connectivity index is 3.23. The second kappa shape index (κ2) is 4.41. The largest absolute Gasteiger partial charge is 0.417 e. The number of aliphatic hydroxyl groups excluding tert-OH is 1. The molecule has 0 amide bonds. The van der Waals surface area contributed by atoms with Gasteiger partial charge in [-0.1, -0.05) is 30.7 Å². The zero-order valence-electron chi connectivity index (χ0n) is 7.98. The predicted molar refractivity (Wildman–Crippen MR) is 52.0 cm³/mol. The Morgan fingerprint density at radius 3 is 2.47 bits per heavy atom. The molecule has 0 saturated heterocycles. The average molecular weight is 239 g/mol. The van der Waals surface area contributed by atoms with Gasteiger partial charge in [0.15, 0.2) is 0 Å². The molecular weight excluding hydrogens is 229 g/mol. The van der Waals surface area contributed by atoms with Crippen LogP contribution in [0.15, 0.2) is 18.2 Å². The zero-order chi connectivity index (χ0) is 11.6. The quantitative estimate of drug-likeness (QED) is 0.837. The van der Waals surface area contributed by atoms with Crippen LogP contribution in [0.3, 0.4) is 0 Å². The number of rotatable bonds is 2. The Morgan fingerprint density at radius 1 is 1.40 bits per heavy atom. The molecule has 0 aliphatic carbocycles. The minimum atomic E-state index is -4.46. The van der Waals surface area contributed by atoms with Gasteiger partial charge in [0, 0.05) is 12.5 Å². The van der Waals surface area contributed by atoms with E-state index < -0.39 is 17.7 Å². The van der Waals surface area contributed by atoms with E-state index in [9.17, 15) is 13.2 Å². The van der Waals surface area contributed by atoms with E-state index in [1.807, 2.05) is 0 Å². The van der Waals surface area contributed by atoms with Gasteiger partial charge in [0.25, 0.3) is 0 Å². The van der Waals surface area contributed by atoms with Crippen LogP contribution in [-0.4, -0.2) is 11.7 Å². The summed E-state index contributed by atoms with van der Waals surface area (Å²) < 4.78 is 37.3. The number of hydrogen-bond acceptors (Lipinski definition) is 1. The van der Waals surface area contributed by atoms with Crippen molar-refractivity contribution in [3.63, 3.8) is 0 Å². The molecule has 1 N–H and O–H groups in total. The lowest BCUT2D eigenvalue weighted by Gasteiger charge is -2.15. The SMILES string of the molecule is CC(CO)c1cccc(C(F)(F)F)c1Cl. The highest BCUT2D eigenvalue weighted by atomic mass is 35.5. The number of alkyl halides is 3. The van der Waals surface area contributed by atoms with Crippen LogP contribution in [-0.2, 0) is 6.18 Å². The molecular formula is C10H10ClF3O. The van der Waals surface area contributed by atoms with Crippen LogP contribution in [0.1, 0.15) is 24.0 Å². The van der Waals surface area contributed by atoms with E-state index in [1.165, 1.54) is 12.1 Å². The maximum Gasteiger partial charge on any atom is 0.417 e. The topological polar surface area (TPSA) is 20.2 Å². The second-order valence-corrected chi connectivity index (χ2v) is 3.67. The van der Waals surface area contributed by atoms with Gasteiger partial charge >= 0.3 is 6.18 Å². The molecule has 0 saturated carbocycles. The smallest absolute Gasteiger partial charge is 0.396 e. The summed E-state index contributed by atoms with van der Waals surface area (Å²) in [4.78, 5) is 0. The highest BCUT2D eigenvalue weighted by molar-refractivity contribution is 6.32. The van der Waals surface area contributed by atoms with Crippen molar-refractivity contribution in [1.29, 1.82) is 0 Å². The molecule has 0 fully saturated rings. The van der Waals surface area contributed by atoms with E-state index in [2.05, 4.69) is 0 Å². The van der Waals surface area contributed by atoms with Crippen molar-refractivity contribution in [2.24, 2.45) is 0 Å². The van der Waals surface area contributed by atoms with E-state index in [-0.39, 0.29) is 11.6 Å². The van der Waals surface area contributed by atoms with Crippen molar-refractivity contribution in [2.45, 2.75) is 19.0 Å². The standard InChI is InChI=1S/C10H10ClF3O/c1-6(5-15)7-3-2-4-8(9(7)11)10(12,13)14/h2-4,6,15H,5H2,1H3. The van der Waals surface area contributed by atoms with Crippen molar-refractivity contribution in [3.8, 4) is 0 Å². The Labute approximate surface area is 90.5 Å². The molecule has 1 aromatic rings. The van der Waals surface area contributed by atoms with Gasteiger partial charge in [-0.05, 0) is 11.6 Å². The second-order valence-electron chi connectivity index (χ2n) is 3.29. The maximum atomic E-state index is 12.4. The van der Waals surface area contributed by atoms with Gasteiger partial charge in [0.1, 0.15) is 0 Å². The summed E-state index contributed by atoms with van der Waals surface area (Å²) in [5.41, 5.74) is -0.545. The molecule has 0 aliphatic rings. The minimum Gasteiger partial charge on any atom is -0.396 e. The van der Waals surface area contributed by atoms with E-state index in [4.69, 9.17) is 16.7 Å². The number of benzene rings is 1. The van der Waals surface area contributed by atoms with Crippen LogP contribution >= 0.6 is 11.6 Å². The summed E-state index contributed by atoms with van der Waals surface area (Å²) in [7, 11) is 0. The summed E-state index contributed by atoms with van der Waals surface area (Å²) in [6.45, 7) is 1.38. The molecule has 0 heterocycles. The predicted octanol–water partition coefficient (Wildman–Crippen LogP) is 3.45. The number of halogens is 4. The van der Waals surface area contributed by atoms with Crippen LogP contribution in [0.5, 0.6) is 0 Å². The molecule has 84 valence electrons. The third kappa shape index (κ3) is 2.63. The first-order valence-corrected chi connectivity index (χ1v) is 4.72. The van der Waals surface area contributed by atoms with Crippen LogP contribution in [0, 0.1) is 0 Å². The van der Waals surface area contributed by atoms with Crippen LogP contribution in [0.4, 0.5) is 13.2 Å². The molecule has 0 aromatic heterocycles. The first-order chi connectivity index (χ1) is 6.88. The molecule has 15 heavy (non-hydrogen) atoms. The van der Waals surface area contributed by atoms with E-state index in [0.29, 0.717) is 5.56 Å². The van der Waals surface area contributed by atoms with Gasteiger partial charge in [-0.3, -0.25) is 0 Å². The molecule has 1 unspecified atom stereocenters. The number of aliphatic hydroxyl groups is 1. The number of hydrogen-bond donors (Lipinski definition) is 1. The molecule has 0 bridgehead atoms. The lowest BCUT2D eigenvalue weighted by atomic mass is 9.99. The summed E-state index contributed by atoms with van der Waals surface area (Å²) in [6.07, 6.45) is -4.46. The van der Waals surface area contributed by atoms with Crippen LogP contribution < -0.4 is 0 Å². The fourth-order valence-corrected chi connectivity index (χ4v) is 1.67. The van der Waals surface area contributed by atoms with E-state index >= 15 is 0 Å². The summed E-state index contributed by atoms with van der Waals surface area (Å²) in [5.74, 6) is -0.403. The van der Waals surface area contributed by atoms with Gasteiger partial charge in [-0.15, -0.1) is 0 Å². The maximum absolute atomic E-state index is 12.4. The van der Waals surface area contributed by atoms with E-state index in [0.717, 1.165) is 6.07 Å². The fraction of sp³-hybridized carbons (Fsp3) is 0.400. The van der Waals surface area contributed by atoms with Crippen LogP contribution in [0.2, 0.25) is 5.02 Å². The van der Waals surface area contributed by atoms with Gasteiger partial charge in [0.05, 0.1) is 10.6 Å². The van der Waals surface area contributed by atoms with Crippen molar-refractivity contribution < 1.29 is 18.3 Å². The zero-order valence-corrected chi connectivity index (χ0v) is 8.73. The fourth-order valence-electron chi connectivity index (χ4n) is 1.25. The Kier molecular flexibility index (Phi) is 3.62. The average Bonchev–Trinajstić information content (AvgIpc) is 2.15. The molecule has 1 nitrogen and oxygen atoms in total. The molecule has 1 rings (SSSR count). The lowest BCUT2D eigenvalue weighted by molar-refractivity contribution is -0.137. The summed E-state index contributed by atoms with van der Waals surface area (Å²) >= 11 is 5.64. The monoisotopic (exact) mass is 238 g/mol. The third-order valence-corrected chi connectivity index (χ3v) is 2.56. The highest BCUT2D eigenvalue weighted by Gasteiger charge is 2.34. The molecule has 5 heteroatoms. The highest BCUT2D eigenvalue weighted by Crippen LogP contribution is 2.38. The van der Waals surface area contributed by atoms with Crippen molar-refractivity contribution in [2.75, 3.05) is 6.61 Å². The minimum absolute atomic E-state index is 0.235. The Hall–Kier alpha value is -0.740. The summed E-state index contributed by atoms with van der Waals surface area (Å²) in [5, 5.41) is 8.54. The first kappa shape index (κ1) is 12.3. The Bertz CT molecular complexity index is 349. The molecule has 0 aliphatic heterocycles. The lowest BCUT2D eigenvalue weighted by Crippen LogP contribution is -2.09. The molecule has 1 atom stereocenters. The first-order valence-electron chi connectivity index (χ1n) is 4.34. The third-order valence-electron chi connectivity index (χ3n) is 2.14. The van der Waals surface area contributed by atoms with Gasteiger partial charge in [0.2, 0.25) is 0 Å². The van der Waals surface area contributed by atoms with Gasteiger partial charge in [-0.25, -0.2) is 0 Å². The van der Waals surface area contributed by atoms with Crippen molar-refractivity contribution >= 4 is 11.6 Å². The molecule has 0 radical (unpaired) electrons.